The molecule has 1 aromatic rings. The molecule has 0 radical (unpaired) electrons. The fourth-order valence-corrected chi connectivity index (χ4v) is 1.23. The molecule has 0 unspecified atom stereocenters. The maximum atomic E-state index is 11.1. The first-order valence-corrected chi connectivity index (χ1v) is 5.15. The van der Waals surface area contributed by atoms with Crippen LogP contribution in [0.1, 0.15) is 19.4 Å². The minimum atomic E-state index is -0.334. The predicted molar refractivity (Wildman–Crippen MR) is 67.8 cm³/mol. The third-order valence-corrected chi connectivity index (χ3v) is 2.18. The molecule has 0 aliphatic carbocycles. The monoisotopic (exact) mass is 233 g/mol. The molecule has 0 spiro atoms. The minimum Gasteiger partial charge on any atom is -0.410 e. The highest BCUT2D eigenvalue weighted by atomic mass is 16.4. The highest BCUT2D eigenvalue weighted by Crippen LogP contribution is 2.08. The summed E-state index contributed by atoms with van der Waals surface area (Å²) in [5, 5.41) is 15.5. The Morgan fingerprint density at radius 1 is 1.24 bits per heavy atom. The molecule has 0 heterocycles. The zero-order valence-electron chi connectivity index (χ0n) is 10.1. The molecular formula is C12H15N3O2. The van der Waals surface area contributed by atoms with Gasteiger partial charge in [0, 0.05) is 6.92 Å². The number of aryl methyl sites for hydroxylation is 1. The number of benzene rings is 1. The topological polar surface area (TPSA) is 74.0 Å². The van der Waals surface area contributed by atoms with Crippen molar-refractivity contribution >= 4 is 22.9 Å². The number of ketones is 1. The lowest BCUT2D eigenvalue weighted by molar-refractivity contribution is -0.111. The molecule has 5 heteroatoms. The molecule has 0 aliphatic rings. The van der Waals surface area contributed by atoms with E-state index in [0.29, 0.717) is 5.71 Å². The fourth-order valence-electron chi connectivity index (χ4n) is 1.23. The van der Waals surface area contributed by atoms with Crippen LogP contribution >= 0.6 is 0 Å². The highest BCUT2D eigenvalue weighted by Gasteiger charge is 2.10. The van der Waals surface area contributed by atoms with Crippen molar-refractivity contribution in [2.45, 2.75) is 20.8 Å². The maximum absolute atomic E-state index is 11.1. The number of hydrogen-bond acceptors (Lipinski definition) is 5. The largest absolute Gasteiger partial charge is 0.410 e. The number of carbonyl (C=O) groups excluding carboxylic acids is 1. The van der Waals surface area contributed by atoms with E-state index < -0.39 is 0 Å². The first-order chi connectivity index (χ1) is 8.04. The zero-order valence-corrected chi connectivity index (χ0v) is 10.1. The molecule has 1 aromatic carbocycles. The van der Waals surface area contributed by atoms with Crippen LogP contribution in [-0.4, -0.2) is 22.4 Å². The van der Waals surface area contributed by atoms with Crippen LogP contribution in [0.4, 0.5) is 5.69 Å². The van der Waals surface area contributed by atoms with Crippen LogP contribution in [0.25, 0.3) is 0 Å². The van der Waals surface area contributed by atoms with Gasteiger partial charge in [-0.25, -0.2) is 0 Å². The summed E-state index contributed by atoms with van der Waals surface area (Å²) in [7, 11) is 0. The van der Waals surface area contributed by atoms with Crippen molar-refractivity contribution in [2.75, 3.05) is 5.43 Å². The number of rotatable bonds is 4. The van der Waals surface area contributed by atoms with Crippen LogP contribution < -0.4 is 5.43 Å². The molecule has 2 N–H and O–H groups in total. The number of Topliss-reactive ketones (excluding diaryl/α,β-unsaturated/α-hetero) is 1. The van der Waals surface area contributed by atoms with Gasteiger partial charge in [-0.15, -0.1) is 0 Å². The van der Waals surface area contributed by atoms with E-state index in [1.165, 1.54) is 6.92 Å². The van der Waals surface area contributed by atoms with E-state index >= 15 is 0 Å². The molecule has 0 saturated heterocycles. The lowest BCUT2D eigenvalue weighted by Gasteiger charge is -2.03. The van der Waals surface area contributed by atoms with Gasteiger partial charge >= 0.3 is 0 Å². The van der Waals surface area contributed by atoms with E-state index in [1.807, 2.05) is 31.2 Å². The molecule has 0 fully saturated rings. The number of nitrogens with one attached hydrogen (secondary N) is 1. The van der Waals surface area contributed by atoms with Crippen LogP contribution in [0, 0.1) is 6.92 Å². The van der Waals surface area contributed by atoms with Gasteiger partial charge in [-0.3, -0.25) is 10.2 Å². The summed E-state index contributed by atoms with van der Waals surface area (Å²) in [5.74, 6) is -0.334. The lowest BCUT2D eigenvalue weighted by Crippen LogP contribution is -2.20. The molecule has 0 amide bonds. The van der Waals surface area contributed by atoms with Gasteiger partial charge in [-0.05, 0) is 26.0 Å². The Balaban J connectivity index is 2.77. The summed E-state index contributed by atoms with van der Waals surface area (Å²) in [6.07, 6.45) is 0. The van der Waals surface area contributed by atoms with E-state index in [0.717, 1.165) is 11.3 Å². The summed E-state index contributed by atoms with van der Waals surface area (Å²) in [5.41, 5.74) is 5.02. The summed E-state index contributed by atoms with van der Waals surface area (Å²) in [6, 6.07) is 7.63. The molecule has 5 nitrogen and oxygen atoms in total. The first-order valence-electron chi connectivity index (χ1n) is 5.15. The number of oxime groups is 1. The van der Waals surface area contributed by atoms with Crippen molar-refractivity contribution in [1.82, 2.24) is 0 Å². The van der Waals surface area contributed by atoms with Gasteiger partial charge in [0.05, 0.1) is 11.4 Å². The molecule has 90 valence electrons. The SMILES string of the molecule is CC(=O)C(=N\O)/C(C)=N\Nc1ccc(C)cc1. The smallest absolute Gasteiger partial charge is 0.183 e. The zero-order chi connectivity index (χ0) is 12.8. The van der Waals surface area contributed by atoms with E-state index in [2.05, 4.69) is 15.7 Å². The van der Waals surface area contributed by atoms with Crippen molar-refractivity contribution in [3.8, 4) is 0 Å². The van der Waals surface area contributed by atoms with E-state index in [1.54, 1.807) is 6.92 Å². The second-order valence-electron chi connectivity index (χ2n) is 3.68. The van der Waals surface area contributed by atoms with Gasteiger partial charge in [0.1, 0.15) is 0 Å². The van der Waals surface area contributed by atoms with Gasteiger partial charge in [-0.2, -0.15) is 5.10 Å². The minimum absolute atomic E-state index is 0.0513. The molecule has 1 rings (SSSR count). The Morgan fingerprint density at radius 3 is 2.29 bits per heavy atom. The third kappa shape index (κ3) is 3.71. The maximum Gasteiger partial charge on any atom is 0.183 e. The van der Waals surface area contributed by atoms with Crippen molar-refractivity contribution in [1.29, 1.82) is 0 Å². The Hall–Kier alpha value is -2.17. The first kappa shape index (κ1) is 12.9. The molecular weight excluding hydrogens is 218 g/mol. The molecule has 0 aromatic heterocycles. The van der Waals surface area contributed by atoms with Gasteiger partial charge in [-0.1, -0.05) is 22.9 Å². The average Bonchev–Trinajstić information content (AvgIpc) is 2.28. The van der Waals surface area contributed by atoms with Crippen LogP contribution in [0.15, 0.2) is 34.5 Å². The number of hydrazone groups is 1. The van der Waals surface area contributed by atoms with Gasteiger partial charge in [0.15, 0.2) is 11.5 Å². The number of carbonyl (C=O) groups is 1. The third-order valence-electron chi connectivity index (χ3n) is 2.18. The predicted octanol–water partition coefficient (Wildman–Crippen LogP) is 2.20. The molecule has 0 aliphatic heterocycles. The van der Waals surface area contributed by atoms with E-state index in [4.69, 9.17) is 5.21 Å². The quantitative estimate of drug-likeness (QED) is 0.475. The summed E-state index contributed by atoms with van der Waals surface area (Å²) in [4.78, 5) is 11.1. The summed E-state index contributed by atoms with van der Waals surface area (Å²) >= 11 is 0. The van der Waals surface area contributed by atoms with E-state index in [-0.39, 0.29) is 11.5 Å². The number of nitrogens with zero attached hydrogens (tertiary/aromatic N) is 2. The normalized spacial score (nSPS) is 12.4. The van der Waals surface area contributed by atoms with Crippen molar-refractivity contribution in [2.24, 2.45) is 10.3 Å². The standard InChI is InChI=1S/C12H15N3O2/c1-8-4-6-11(7-5-8)14-13-9(2)12(15-17)10(3)16/h4-7,14,17H,1-3H3/b13-9-,15-12-. The fraction of sp³-hybridized carbons (Fsp3) is 0.250. The van der Waals surface area contributed by atoms with Gasteiger partial charge < -0.3 is 5.21 Å². The van der Waals surface area contributed by atoms with Crippen molar-refractivity contribution in [3.63, 3.8) is 0 Å². The Labute approximate surface area is 99.8 Å². The van der Waals surface area contributed by atoms with Crippen molar-refractivity contribution in [3.05, 3.63) is 29.8 Å². The van der Waals surface area contributed by atoms with Crippen LogP contribution in [0.5, 0.6) is 0 Å². The van der Waals surface area contributed by atoms with Crippen molar-refractivity contribution < 1.29 is 10.0 Å². The molecule has 0 saturated carbocycles. The second kappa shape index (κ2) is 5.79. The van der Waals surface area contributed by atoms with Crippen LogP contribution in [0.2, 0.25) is 0 Å². The van der Waals surface area contributed by atoms with E-state index in [9.17, 15) is 4.79 Å². The average molecular weight is 233 g/mol. The Bertz CT molecular complexity index is 461. The number of hydrogen-bond donors (Lipinski definition) is 2. The Kier molecular flexibility index (Phi) is 4.39. The van der Waals surface area contributed by atoms with Crippen LogP contribution in [0.3, 0.4) is 0 Å². The molecule has 0 bridgehead atoms. The highest BCUT2D eigenvalue weighted by molar-refractivity contribution is 6.66. The summed E-state index contributed by atoms with van der Waals surface area (Å²) < 4.78 is 0. The number of anilines is 1. The van der Waals surface area contributed by atoms with Gasteiger partial charge in [0.2, 0.25) is 0 Å². The lowest BCUT2D eigenvalue weighted by atomic mass is 10.2. The second-order valence-corrected chi connectivity index (χ2v) is 3.68. The van der Waals surface area contributed by atoms with Crippen LogP contribution in [-0.2, 0) is 4.79 Å². The molecule has 17 heavy (non-hydrogen) atoms. The van der Waals surface area contributed by atoms with Gasteiger partial charge in [0.25, 0.3) is 0 Å². The Morgan fingerprint density at radius 2 is 1.82 bits per heavy atom. The summed E-state index contributed by atoms with van der Waals surface area (Å²) in [6.45, 7) is 4.90. The molecule has 0 atom stereocenters.